The van der Waals surface area contributed by atoms with Gasteiger partial charge in [0, 0.05) is 54.8 Å². The van der Waals surface area contributed by atoms with Gasteiger partial charge in [0.25, 0.3) is 0 Å². The molecule has 13 rings (SSSR count). The molecular formula is C57H39N3. The van der Waals surface area contributed by atoms with Gasteiger partial charge in [0.15, 0.2) is 0 Å². The molecule has 0 saturated heterocycles. The number of rotatable bonds is 4. The molecule has 3 heteroatoms. The Morgan fingerprint density at radius 2 is 0.617 bits per heavy atom. The van der Waals surface area contributed by atoms with E-state index in [0.717, 1.165) is 0 Å². The lowest BCUT2D eigenvalue weighted by molar-refractivity contribution is 0.661. The third kappa shape index (κ3) is 4.55. The molecule has 1 aliphatic carbocycles. The monoisotopic (exact) mass is 765 g/mol. The van der Waals surface area contributed by atoms with E-state index in [1.54, 1.807) is 0 Å². The van der Waals surface area contributed by atoms with E-state index in [-0.39, 0.29) is 5.41 Å². The van der Waals surface area contributed by atoms with Crippen molar-refractivity contribution < 1.29 is 0 Å². The highest BCUT2D eigenvalue weighted by Gasteiger charge is 2.37. The second-order valence-corrected chi connectivity index (χ2v) is 17.0. The van der Waals surface area contributed by atoms with Gasteiger partial charge in [-0.15, -0.1) is 0 Å². The van der Waals surface area contributed by atoms with Crippen LogP contribution in [0.3, 0.4) is 0 Å². The Morgan fingerprint density at radius 3 is 1.07 bits per heavy atom. The summed E-state index contributed by atoms with van der Waals surface area (Å²) in [4.78, 5) is 0. The maximum atomic E-state index is 2.50. The molecule has 0 radical (unpaired) electrons. The van der Waals surface area contributed by atoms with Crippen molar-refractivity contribution in [2.24, 2.45) is 0 Å². The van der Waals surface area contributed by atoms with E-state index in [0.29, 0.717) is 0 Å². The number of hydrogen-bond acceptors (Lipinski definition) is 0. The van der Waals surface area contributed by atoms with Gasteiger partial charge in [0.2, 0.25) is 0 Å². The highest BCUT2D eigenvalue weighted by atomic mass is 15.0. The minimum Gasteiger partial charge on any atom is -0.309 e. The summed E-state index contributed by atoms with van der Waals surface area (Å²) in [7, 11) is 0. The molecule has 0 fully saturated rings. The molecule has 0 unspecified atom stereocenters. The van der Waals surface area contributed by atoms with E-state index >= 15 is 0 Å². The highest BCUT2D eigenvalue weighted by molar-refractivity contribution is 6.16. The summed E-state index contributed by atoms with van der Waals surface area (Å²) in [5.41, 5.74) is 18.5. The summed E-state index contributed by atoms with van der Waals surface area (Å²) in [5, 5.41) is 7.62. The van der Waals surface area contributed by atoms with Gasteiger partial charge < -0.3 is 13.7 Å². The lowest BCUT2D eigenvalue weighted by Crippen LogP contribution is -2.15. The summed E-state index contributed by atoms with van der Waals surface area (Å²) < 4.78 is 7.30. The molecule has 0 atom stereocenters. The summed E-state index contributed by atoms with van der Waals surface area (Å²) in [6.45, 7) is 4.81. The van der Waals surface area contributed by atoms with E-state index in [1.807, 2.05) is 0 Å². The van der Waals surface area contributed by atoms with Crippen LogP contribution in [0, 0.1) is 0 Å². The molecular weight excluding hydrogens is 727 g/mol. The average molecular weight is 766 g/mol. The fraction of sp³-hybridized carbons (Fsp3) is 0.0526. The number of nitrogens with zero attached hydrogens (tertiary/aromatic N) is 3. The molecule has 9 aromatic carbocycles. The molecule has 3 nitrogen and oxygen atoms in total. The lowest BCUT2D eigenvalue weighted by Gasteiger charge is -2.22. The predicted molar refractivity (Wildman–Crippen MR) is 252 cm³/mol. The van der Waals surface area contributed by atoms with E-state index in [1.165, 1.54) is 116 Å². The molecule has 3 aromatic heterocycles. The molecule has 12 aromatic rings. The summed E-state index contributed by atoms with van der Waals surface area (Å²) >= 11 is 0. The normalized spacial score (nSPS) is 13.3. The SMILES string of the molecule is CC1(C)c2cc3c(cc2-c2cc4c5cc(-c6ccc7c(c6)c6ccccc6n7-c6ccccc6)ccc5n(-c5ccccc5)c4cc21)c1ccccc1n3-c1ccccc1. The van der Waals surface area contributed by atoms with Crippen molar-refractivity contribution in [1.29, 1.82) is 0 Å². The first-order valence-electron chi connectivity index (χ1n) is 20.9. The van der Waals surface area contributed by atoms with Crippen LogP contribution >= 0.6 is 0 Å². The second-order valence-electron chi connectivity index (χ2n) is 17.0. The summed E-state index contributed by atoms with van der Waals surface area (Å²) in [5.74, 6) is 0. The smallest absolute Gasteiger partial charge is 0.0544 e. The standard InChI is InChI=1S/C57H39N3/c1-57(2)49-34-55-47(42-23-13-15-25-52(42)59(55)39-18-8-4-9-19-39)32-43(49)44-33-48-46-31-37(27-29-54(46)60(56(48)35-50(44)57)40-20-10-5-11-21-40)36-26-28-53-45(30-36)41-22-12-14-24-51(41)58(53)38-16-6-3-7-17-38/h3-35H,1-2H3. The Hall–Kier alpha value is -7.62. The molecule has 0 amide bonds. The van der Waals surface area contributed by atoms with Crippen molar-refractivity contribution in [2.75, 3.05) is 0 Å². The van der Waals surface area contributed by atoms with Gasteiger partial charge in [0.1, 0.15) is 0 Å². The first kappa shape index (κ1) is 33.4. The van der Waals surface area contributed by atoms with Crippen molar-refractivity contribution in [3.8, 4) is 39.3 Å². The lowest BCUT2D eigenvalue weighted by atomic mass is 9.82. The maximum absolute atomic E-state index is 2.50. The quantitative estimate of drug-likeness (QED) is 0.169. The maximum Gasteiger partial charge on any atom is 0.0544 e. The average Bonchev–Trinajstić information content (AvgIpc) is 3.98. The first-order valence-corrected chi connectivity index (χ1v) is 20.9. The van der Waals surface area contributed by atoms with E-state index in [9.17, 15) is 0 Å². The van der Waals surface area contributed by atoms with Crippen LogP contribution in [0.2, 0.25) is 0 Å². The number of hydrogen-bond donors (Lipinski definition) is 0. The molecule has 282 valence electrons. The van der Waals surface area contributed by atoms with Crippen LogP contribution in [-0.2, 0) is 5.41 Å². The zero-order valence-electron chi connectivity index (χ0n) is 33.4. The minimum atomic E-state index is -0.206. The number of fused-ring (bicyclic) bond motifs is 12. The number of aromatic nitrogens is 3. The van der Waals surface area contributed by atoms with Crippen molar-refractivity contribution in [3.63, 3.8) is 0 Å². The van der Waals surface area contributed by atoms with Crippen LogP contribution in [0.25, 0.3) is 105 Å². The first-order chi connectivity index (χ1) is 29.5. The molecule has 1 aliphatic rings. The molecule has 0 bridgehead atoms. The van der Waals surface area contributed by atoms with Crippen molar-refractivity contribution in [2.45, 2.75) is 19.3 Å². The molecule has 0 N–H and O–H groups in total. The fourth-order valence-electron chi connectivity index (χ4n) is 10.6. The van der Waals surface area contributed by atoms with Gasteiger partial charge in [-0.2, -0.15) is 0 Å². The molecule has 60 heavy (non-hydrogen) atoms. The molecule has 0 aliphatic heterocycles. The Balaban J connectivity index is 1.05. The van der Waals surface area contributed by atoms with Gasteiger partial charge in [-0.25, -0.2) is 0 Å². The summed E-state index contributed by atoms with van der Waals surface area (Å²) in [6, 6.07) is 74.0. The van der Waals surface area contributed by atoms with Crippen LogP contribution in [0.5, 0.6) is 0 Å². The van der Waals surface area contributed by atoms with Gasteiger partial charge in [0.05, 0.1) is 33.1 Å². The second kappa shape index (κ2) is 12.2. The van der Waals surface area contributed by atoms with Gasteiger partial charge >= 0.3 is 0 Å². The number of para-hydroxylation sites is 5. The number of benzene rings is 9. The third-order valence-corrected chi connectivity index (χ3v) is 13.4. The van der Waals surface area contributed by atoms with Crippen LogP contribution in [0.15, 0.2) is 200 Å². The minimum absolute atomic E-state index is 0.206. The zero-order valence-corrected chi connectivity index (χ0v) is 33.4. The Morgan fingerprint density at radius 1 is 0.283 bits per heavy atom. The van der Waals surface area contributed by atoms with Crippen molar-refractivity contribution in [1.82, 2.24) is 13.7 Å². The van der Waals surface area contributed by atoms with Gasteiger partial charge in [-0.3, -0.25) is 0 Å². The zero-order chi connectivity index (χ0) is 39.7. The topological polar surface area (TPSA) is 14.8 Å². The largest absolute Gasteiger partial charge is 0.309 e. The third-order valence-electron chi connectivity index (χ3n) is 13.4. The van der Waals surface area contributed by atoms with Gasteiger partial charge in [-0.1, -0.05) is 117 Å². The molecule has 0 spiro atoms. The molecule has 0 saturated carbocycles. The van der Waals surface area contributed by atoms with Crippen LogP contribution in [-0.4, -0.2) is 13.7 Å². The van der Waals surface area contributed by atoms with Crippen molar-refractivity contribution in [3.05, 3.63) is 211 Å². The Kier molecular flexibility index (Phi) is 6.78. The fourth-order valence-corrected chi connectivity index (χ4v) is 10.6. The predicted octanol–water partition coefficient (Wildman–Crippen LogP) is 15.0. The molecule has 3 heterocycles. The summed E-state index contributed by atoms with van der Waals surface area (Å²) in [6.07, 6.45) is 0. The Labute approximate surface area is 347 Å². The van der Waals surface area contributed by atoms with E-state index in [2.05, 4.69) is 228 Å². The highest BCUT2D eigenvalue weighted by Crippen LogP contribution is 2.53. The van der Waals surface area contributed by atoms with E-state index < -0.39 is 0 Å². The van der Waals surface area contributed by atoms with Crippen molar-refractivity contribution >= 4 is 65.4 Å². The van der Waals surface area contributed by atoms with Crippen LogP contribution < -0.4 is 0 Å². The van der Waals surface area contributed by atoms with Crippen LogP contribution in [0.4, 0.5) is 0 Å². The van der Waals surface area contributed by atoms with Gasteiger partial charge in [-0.05, 0) is 130 Å². The Bertz CT molecular complexity index is 3710. The van der Waals surface area contributed by atoms with E-state index in [4.69, 9.17) is 0 Å². The van der Waals surface area contributed by atoms with Crippen LogP contribution in [0.1, 0.15) is 25.0 Å².